The van der Waals surface area contributed by atoms with Crippen molar-refractivity contribution in [3.63, 3.8) is 0 Å². The first-order valence-corrected chi connectivity index (χ1v) is 13.7. The third-order valence-electron chi connectivity index (χ3n) is 5.50. The fourth-order valence-electron chi connectivity index (χ4n) is 3.83. The fourth-order valence-corrected chi connectivity index (χ4v) is 6.03. The van der Waals surface area contributed by atoms with Crippen LogP contribution < -0.4 is 5.32 Å². The highest BCUT2D eigenvalue weighted by molar-refractivity contribution is 7.90. The van der Waals surface area contributed by atoms with Crippen LogP contribution in [0.1, 0.15) is 48.0 Å². The van der Waals surface area contributed by atoms with Crippen molar-refractivity contribution in [1.29, 1.82) is 0 Å². The Morgan fingerprint density at radius 3 is 2.26 bits per heavy atom. The van der Waals surface area contributed by atoms with Crippen LogP contribution in [0.2, 0.25) is 0 Å². The molecule has 7 nitrogen and oxygen atoms in total. The van der Waals surface area contributed by atoms with Crippen LogP contribution in [0.4, 0.5) is 5.69 Å². The van der Waals surface area contributed by atoms with Crippen LogP contribution in [0.15, 0.2) is 53.4 Å². The van der Waals surface area contributed by atoms with Crippen LogP contribution >= 0.6 is 0 Å². The lowest BCUT2D eigenvalue weighted by Crippen LogP contribution is -2.38. The third kappa shape index (κ3) is 6.15. The first kappa shape index (κ1) is 23.4. The first-order valence-electron chi connectivity index (χ1n) is 10.2. The number of rotatable bonds is 7. The first-order chi connectivity index (χ1) is 14.6. The maximum Gasteiger partial charge on any atom is 0.255 e. The molecule has 2 aromatic rings. The topological polar surface area (TPSA) is 101 Å². The number of hydrogen-bond donors (Lipinski definition) is 1. The minimum absolute atomic E-state index is 0.0253. The van der Waals surface area contributed by atoms with E-state index in [0.29, 0.717) is 16.8 Å². The van der Waals surface area contributed by atoms with Crippen molar-refractivity contribution in [2.45, 2.75) is 48.8 Å². The molecular weight excluding hydrogens is 436 g/mol. The van der Waals surface area contributed by atoms with E-state index >= 15 is 0 Å². The van der Waals surface area contributed by atoms with Gasteiger partial charge in [0, 0.05) is 30.6 Å². The van der Waals surface area contributed by atoms with Crippen LogP contribution in [0.3, 0.4) is 0 Å². The van der Waals surface area contributed by atoms with Crippen LogP contribution in [-0.4, -0.2) is 46.4 Å². The minimum atomic E-state index is -3.60. The van der Waals surface area contributed by atoms with Crippen molar-refractivity contribution in [2.24, 2.45) is 0 Å². The zero-order chi connectivity index (χ0) is 22.6. The maximum atomic E-state index is 12.9. The van der Waals surface area contributed by atoms with Gasteiger partial charge in [-0.3, -0.25) is 4.79 Å². The summed E-state index contributed by atoms with van der Waals surface area (Å²) in [6.07, 6.45) is 6.13. The third-order valence-corrected chi connectivity index (χ3v) is 8.28. The number of benzene rings is 2. The summed E-state index contributed by atoms with van der Waals surface area (Å²) >= 11 is 0. The minimum Gasteiger partial charge on any atom is -0.322 e. The molecule has 1 amide bonds. The lowest BCUT2D eigenvalue weighted by molar-refractivity contribution is 0.102. The number of carbonyl (C=O) groups excluding carboxylic acids is 1. The number of carbonyl (C=O) groups is 1. The smallest absolute Gasteiger partial charge is 0.255 e. The van der Waals surface area contributed by atoms with Gasteiger partial charge in [0.25, 0.3) is 5.91 Å². The van der Waals surface area contributed by atoms with Crippen LogP contribution in [0.5, 0.6) is 0 Å². The molecule has 0 aromatic heterocycles. The Labute approximate surface area is 184 Å². The second-order valence-electron chi connectivity index (χ2n) is 8.06. The molecule has 0 bridgehead atoms. The number of nitrogens with one attached hydrogen (secondary N) is 1. The van der Waals surface area contributed by atoms with Crippen molar-refractivity contribution in [3.05, 3.63) is 59.7 Å². The van der Waals surface area contributed by atoms with Crippen molar-refractivity contribution < 1.29 is 21.6 Å². The van der Waals surface area contributed by atoms with Gasteiger partial charge in [-0.1, -0.05) is 31.4 Å². The second-order valence-corrected chi connectivity index (χ2v) is 12.2. The molecule has 168 valence electrons. The van der Waals surface area contributed by atoms with Crippen LogP contribution in [-0.2, 0) is 25.6 Å². The number of sulfonamides is 1. The zero-order valence-electron chi connectivity index (χ0n) is 17.7. The fraction of sp³-hybridized carbons (Fsp3) is 0.409. The molecule has 2 aromatic carbocycles. The Balaban J connectivity index is 1.70. The monoisotopic (exact) mass is 464 g/mol. The van der Waals surface area contributed by atoms with Gasteiger partial charge >= 0.3 is 0 Å². The van der Waals surface area contributed by atoms with E-state index in [0.717, 1.165) is 38.4 Å². The highest BCUT2D eigenvalue weighted by atomic mass is 32.2. The molecule has 1 saturated carbocycles. The number of hydrogen-bond acceptors (Lipinski definition) is 5. The summed E-state index contributed by atoms with van der Waals surface area (Å²) in [5, 5.41) is 2.72. The Bertz CT molecular complexity index is 1140. The van der Waals surface area contributed by atoms with Gasteiger partial charge in [0.05, 0.1) is 10.6 Å². The molecule has 1 N–H and O–H groups in total. The maximum absolute atomic E-state index is 12.9. The number of anilines is 1. The Hall–Kier alpha value is -2.23. The SMILES string of the molecule is CN(C1CCCCC1)S(=O)(=O)c1ccc(NC(=O)c2cccc(CS(C)(=O)=O)c2)cc1. The van der Waals surface area contributed by atoms with Gasteiger partial charge in [-0.15, -0.1) is 0 Å². The molecule has 0 saturated heterocycles. The van der Waals surface area contributed by atoms with Crippen LogP contribution in [0, 0.1) is 0 Å². The molecule has 9 heteroatoms. The van der Waals surface area contributed by atoms with Gasteiger partial charge in [-0.25, -0.2) is 16.8 Å². The molecule has 1 aliphatic carbocycles. The van der Waals surface area contributed by atoms with E-state index in [4.69, 9.17) is 0 Å². The highest BCUT2D eigenvalue weighted by Gasteiger charge is 2.28. The summed E-state index contributed by atoms with van der Waals surface area (Å²) in [7, 11) is -5.17. The highest BCUT2D eigenvalue weighted by Crippen LogP contribution is 2.27. The summed E-state index contributed by atoms with van der Waals surface area (Å²) in [5.41, 5.74) is 1.31. The largest absolute Gasteiger partial charge is 0.322 e. The molecule has 0 unspecified atom stereocenters. The Morgan fingerprint density at radius 2 is 1.65 bits per heavy atom. The average molecular weight is 465 g/mol. The number of sulfone groups is 1. The van der Waals surface area contributed by atoms with Crippen LogP contribution in [0.25, 0.3) is 0 Å². The summed E-state index contributed by atoms with van der Waals surface area (Å²) < 4.78 is 50.3. The van der Waals surface area contributed by atoms with E-state index in [9.17, 15) is 21.6 Å². The van der Waals surface area contributed by atoms with E-state index in [1.165, 1.54) is 22.5 Å². The summed E-state index contributed by atoms with van der Waals surface area (Å²) in [5.74, 6) is -0.542. The summed E-state index contributed by atoms with van der Waals surface area (Å²) in [6.45, 7) is 0. The quantitative estimate of drug-likeness (QED) is 0.677. The molecule has 1 aliphatic rings. The van der Waals surface area contributed by atoms with Gasteiger partial charge in [0.15, 0.2) is 9.84 Å². The van der Waals surface area contributed by atoms with Gasteiger partial charge in [-0.2, -0.15) is 4.31 Å². The molecule has 3 rings (SSSR count). The molecule has 0 heterocycles. The molecule has 0 radical (unpaired) electrons. The summed E-state index contributed by atoms with van der Waals surface area (Å²) in [6, 6.07) is 12.5. The lowest BCUT2D eigenvalue weighted by atomic mass is 9.96. The Kier molecular flexibility index (Phi) is 7.18. The van der Waals surface area contributed by atoms with Gasteiger partial charge in [0.2, 0.25) is 10.0 Å². The van der Waals surface area contributed by atoms with E-state index < -0.39 is 25.8 Å². The van der Waals surface area contributed by atoms with E-state index in [-0.39, 0.29) is 16.7 Å². The lowest BCUT2D eigenvalue weighted by Gasteiger charge is -2.30. The molecule has 31 heavy (non-hydrogen) atoms. The van der Waals surface area contributed by atoms with E-state index in [2.05, 4.69) is 5.32 Å². The molecule has 0 spiro atoms. The predicted molar refractivity (Wildman–Crippen MR) is 121 cm³/mol. The second kappa shape index (κ2) is 9.50. The normalized spacial score (nSPS) is 15.7. The van der Waals surface area contributed by atoms with Gasteiger partial charge in [0.1, 0.15) is 0 Å². The number of nitrogens with zero attached hydrogens (tertiary/aromatic N) is 1. The van der Waals surface area contributed by atoms with Gasteiger partial charge in [-0.05, 0) is 54.8 Å². The summed E-state index contributed by atoms with van der Waals surface area (Å²) in [4.78, 5) is 12.7. The van der Waals surface area contributed by atoms with E-state index in [1.54, 1.807) is 37.4 Å². The average Bonchev–Trinajstić information content (AvgIpc) is 2.73. The molecule has 1 fully saturated rings. The predicted octanol–water partition coefficient (Wildman–Crippen LogP) is 3.44. The van der Waals surface area contributed by atoms with Crippen molar-refractivity contribution in [3.8, 4) is 0 Å². The Morgan fingerprint density at radius 1 is 1.00 bits per heavy atom. The van der Waals surface area contributed by atoms with Crippen molar-refractivity contribution >= 4 is 31.5 Å². The molecular formula is C22H28N2O5S2. The van der Waals surface area contributed by atoms with Crippen molar-refractivity contribution in [2.75, 3.05) is 18.6 Å². The molecule has 0 atom stereocenters. The van der Waals surface area contributed by atoms with Crippen molar-refractivity contribution in [1.82, 2.24) is 4.31 Å². The zero-order valence-corrected chi connectivity index (χ0v) is 19.4. The van der Waals surface area contributed by atoms with E-state index in [1.807, 2.05) is 0 Å². The molecule has 0 aliphatic heterocycles. The van der Waals surface area contributed by atoms with Gasteiger partial charge < -0.3 is 5.32 Å². The number of amides is 1. The standard InChI is InChI=1S/C22H28N2O5S2/c1-24(20-9-4-3-5-10-20)31(28,29)21-13-11-19(12-14-21)23-22(25)18-8-6-7-17(15-18)16-30(2,26)27/h6-8,11-15,20H,3-5,9-10,16H2,1-2H3,(H,23,25).